The molecule has 0 amide bonds. The lowest BCUT2D eigenvalue weighted by atomic mass is 10.0. The van der Waals surface area contributed by atoms with Crippen molar-refractivity contribution in [1.29, 1.82) is 5.26 Å². The molecule has 2 heteroatoms. The van der Waals surface area contributed by atoms with E-state index < -0.39 is 0 Å². The molecule has 0 aliphatic carbocycles. The van der Waals surface area contributed by atoms with Crippen LogP contribution in [0.25, 0.3) is 11.6 Å². The second kappa shape index (κ2) is 5.09. The van der Waals surface area contributed by atoms with Crippen molar-refractivity contribution in [2.75, 3.05) is 0 Å². The van der Waals surface area contributed by atoms with Gasteiger partial charge < -0.3 is 0 Å². The van der Waals surface area contributed by atoms with E-state index >= 15 is 0 Å². The standard InChI is InChI=1S/C15H10FN/c16-15-8-4-5-12(10-15)9-14(11-17)13-6-2-1-3-7-13/h1-10H/b14-9-. The smallest absolute Gasteiger partial charge is 0.123 e. The molecule has 0 fully saturated rings. The molecule has 2 aromatic rings. The summed E-state index contributed by atoms with van der Waals surface area (Å²) in [6.45, 7) is 0. The first-order valence-corrected chi connectivity index (χ1v) is 5.22. The predicted molar refractivity (Wildman–Crippen MR) is 66.3 cm³/mol. The van der Waals surface area contributed by atoms with E-state index in [9.17, 15) is 4.39 Å². The number of allylic oxidation sites excluding steroid dienone is 1. The monoisotopic (exact) mass is 223 g/mol. The van der Waals surface area contributed by atoms with E-state index in [1.807, 2.05) is 30.3 Å². The van der Waals surface area contributed by atoms with Crippen LogP contribution in [0.4, 0.5) is 4.39 Å². The maximum absolute atomic E-state index is 13.0. The summed E-state index contributed by atoms with van der Waals surface area (Å²) < 4.78 is 13.0. The van der Waals surface area contributed by atoms with Gasteiger partial charge >= 0.3 is 0 Å². The summed E-state index contributed by atoms with van der Waals surface area (Å²) in [7, 11) is 0. The number of nitriles is 1. The van der Waals surface area contributed by atoms with E-state index in [1.165, 1.54) is 12.1 Å². The van der Waals surface area contributed by atoms with Gasteiger partial charge in [-0.3, -0.25) is 0 Å². The Hall–Kier alpha value is -2.40. The molecule has 0 aliphatic heterocycles. The summed E-state index contributed by atoms with van der Waals surface area (Å²) in [5, 5.41) is 9.10. The minimum Gasteiger partial charge on any atom is -0.207 e. The molecule has 0 saturated carbocycles. The zero-order valence-corrected chi connectivity index (χ0v) is 9.10. The molecule has 0 spiro atoms. The Morgan fingerprint density at radius 2 is 1.82 bits per heavy atom. The van der Waals surface area contributed by atoms with Gasteiger partial charge in [0.25, 0.3) is 0 Å². The van der Waals surface area contributed by atoms with Gasteiger partial charge in [0, 0.05) is 0 Å². The predicted octanol–water partition coefficient (Wildman–Crippen LogP) is 3.89. The fourth-order valence-corrected chi connectivity index (χ4v) is 1.56. The molecule has 0 aromatic heterocycles. The third kappa shape index (κ3) is 2.79. The molecule has 0 heterocycles. The van der Waals surface area contributed by atoms with Gasteiger partial charge in [-0.1, -0.05) is 42.5 Å². The molecule has 0 atom stereocenters. The summed E-state index contributed by atoms with van der Waals surface area (Å²) in [6, 6.07) is 17.6. The fraction of sp³-hybridized carbons (Fsp3) is 0. The summed E-state index contributed by atoms with van der Waals surface area (Å²) in [4.78, 5) is 0. The van der Waals surface area contributed by atoms with Gasteiger partial charge in [0.2, 0.25) is 0 Å². The molecular weight excluding hydrogens is 213 g/mol. The Morgan fingerprint density at radius 3 is 2.47 bits per heavy atom. The molecule has 0 saturated heterocycles. The van der Waals surface area contributed by atoms with Crippen molar-refractivity contribution >= 4 is 11.6 Å². The zero-order valence-electron chi connectivity index (χ0n) is 9.10. The number of rotatable bonds is 2. The molecule has 82 valence electrons. The molecule has 0 unspecified atom stereocenters. The second-order valence-electron chi connectivity index (χ2n) is 3.59. The fourth-order valence-electron chi connectivity index (χ4n) is 1.56. The van der Waals surface area contributed by atoms with Gasteiger partial charge in [-0.05, 0) is 29.3 Å². The van der Waals surface area contributed by atoms with Gasteiger partial charge in [0.15, 0.2) is 0 Å². The highest BCUT2D eigenvalue weighted by Gasteiger charge is 2.00. The van der Waals surface area contributed by atoms with E-state index in [0.717, 1.165) is 5.56 Å². The molecule has 0 bridgehead atoms. The first-order valence-electron chi connectivity index (χ1n) is 5.22. The van der Waals surface area contributed by atoms with Crippen LogP contribution in [-0.2, 0) is 0 Å². The van der Waals surface area contributed by atoms with Crippen LogP contribution in [0.5, 0.6) is 0 Å². The average Bonchev–Trinajstić information content (AvgIpc) is 2.37. The lowest BCUT2D eigenvalue weighted by Gasteiger charge is -1.99. The Morgan fingerprint density at radius 1 is 1.06 bits per heavy atom. The van der Waals surface area contributed by atoms with Gasteiger partial charge in [0.05, 0.1) is 11.6 Å². The van der Waals surface area contributed by atoms with E-state index in [-0.39, 0.29) is 5.82 Å². The van der Waals surface area contributed by atoms with Crippen molar-refractivity contribution < 1.29 is 4.39 Å². The van der Waals surface area contributed by atoms with Crippen LogP contribution in [0, 0.1) is 17.1 Å². The van der Waals surface area contributed by atoms with Gasteiger partial charge in [-0.25, -0.2) is 4.39 Å². The maximum Gasteiger partial charge on any atom is 0.123 e. The molecule has 1 nitrogen and oxygen atoms in total. The molecule has 2 rings (SSSR count). The highest BCUT2D eigenvalue weighted by molar-refractivity contribution is 5.89. The second-order valence-corrected chi connectivity index (χ2v) is 3.59. The summed E-state index contributed by atoms with van der Waals surface area (Å²) in [5.41, 5.74) is 2.04. The number of halogens is 1. The van der Waals surface area contributed by atoms with Gasteiger partial charge in [-0.2, -0.15) is 5.26 Å². The Kier molecular flexibility index (Phi) is 3.32. The molecule has 2 aromatic carbocycles. The van der Waals surface area contributed by atoms with Crippen LogP contribution >= 0.6 is 0 Å². The van der Waals surface area contributed by atoms with E-state index in [4.69, 9.17) is 5.26 Å². The lowest BCUT2D eigenvalue weighted by Crippen LogP contribution is -1.82. The van der Waals surface area contributed by atoms with Crippen molar-refractivity contribution in [1.82, 2.24) is 0 Å². The minimum atomic E-state index is -0.302. The molecule has 0 radical (unpaired) electrons. The number of nitrogens with zero attached hydrogens (tertiary/aromatic N) is 1. The number of hydrogen-bond donors (Lipinski definition) is 0. The van der Waals surface area contributed by atoms with Crippen LogP contribution in [0.2, 0.25) is 0 Å². The Bertz CT molecular complexity index is 579. The largest absolute Gasteiger partial charge is 0.207 e. The van der Waals surface area contributed by atoms with Crippen molar-refractivity contribution in [2.45, 2.75) is 0 Å². The lowest BCUT2D eigenvalue weighted by molar-refractivity contribution is 0.627. The topological polar surface area (TPSA) is 23.8 Å². The summed E-state index contributed by atoms with van der Waals surface area (Å²) in [5.74, 6) is -0.302. The van der Waals surface area contributed by atoms with Crippen LogP contribution < -0.4 is 0 Å². The highest BCUT2D eigenvalue weighted by Crippen LogP contribution is 2.17. The van der Waals surface area contributed by atoms with Crippen molar-refractivity contribution in [3.05, 3.63) is 71.5 Å². The van der Waals surface area contributed by atoms with E-state index in [1.54, 1.807) is 18.2 Å². The Balaban J connectivity index is 2.41. The van der Waals surface area contributed by atoms with E-state index in [2.05, 4.69) is 6.07 Å². The molecular formula is C15H10FN. The van der Waals surface area contributed by atoms with Crippen molar-refractivity contribution in [3.8, 4) is 6.07 Å². The first kappa shape index (κ1) is 11.1. The molecule has 0 N–H and O–H groups in total. The van der Waals surface area contributed by atoms with Crippen LogP contribution in [0.1, 0.15) is 11.1 Å². The summed E-state index contributed by atoms with van der Waals surface area (Å²) >= 11 is 0. The zero-order chi connectivity index (χ0) is 12.1. The number of benzene rings is 2. The van der Waals surface area contributed by atoms with Crippen LogP contribution in [0.15, 0.2) is 54.6 Å². The van der Waals surface area contributed by atoms with Crippen molar-refractivity contribution in [2.24, 2.45) is 0 Å². The third-order valence-corrected chi connectivity index (χ3v) is 2.36. The van der Waals surface area contributed by atoms with Gasteiger partial charge in [0.1, 0.15) is 5.82 Å². The van der Waals surface area contributed by atoms with Gasteiger partial charge in [-0.15, -0.1) is 0 Å². The molecule has 0 aliphatic rings. The Labute approximate surface area is 99.5 Å². The molecule has 17 heavy (non-hydrogen) atoms. The quantitative estimate of drug-likeness (QED) is 0.559. The van der Waals surface area contributed by atoms with Crippen LogP contribution in [0.3, 0.4) is 0 Å². The first-order chi connectivity index (χ1) is 8.29. The SMILES string of the molecule is N#C/C(=C/c1cccc(F)c1)c1ccccc1. The summed E-state index contributed by atoms with van der Waals surface area (Å²) in [6.07, 6.45) is 1.68. The minimum absolute atomic E-state index is 0.302. The van der Waals surface area contributed by atoms with E-state index in [0.29, 0.717) is 11.1 Å². The van der Waals surface area contributed by atoms with Crippen LogP contribution in [-0.4, -0.2) is 0 Å². The average molecular weight is 223 g/mol. The third-order valence-electron chi connectivity index (χ3n) is 2.36. The van der Waals surface area contributed by atoms with Crippen molar-refractivity contribution in [3.63, 3.8) is 0 Å². The highest BCUT2D eigenvalue weighted by atomic mass is 19.1. The normalized spacial score (nSPS) is 10.9. The maximum atomic E-state index is 13.0. The number of hydrogen-bond acceptors (Lipinski definition) is 1.